The molecular formula is C96H158N12O6S. The van der Waals surface area contributed by atoms with E-state index in [4.69, 9.17) is 0 Å². The highest BCUT2D eigenvalue weighted by Gasteiger charge is 2.58. The lowest BCUT2D eigenvalue weighted by Crippen LogP contribution is -2.55. The predicted molar refractivity (Wildman–Crippen MR) is 458 cm³/mol. The van der Waals surface area contributed by atoms with Gasteiger partial charge in [0.2, 0.25) is 35.4 Å². The first-order valence-electron chi connectivity index (χ1n) is 49.4. The van der Waals surface area contributed by atoms with Gasteiger partial charge in [0.1, 0.15) is 0 Å². The molecule has 0 aromatic heterocycles. The van der Waals surface area contributed by atoms with Crippen LogP contribution in [0.2, 0.25) is 0 Å². The Kier molecular flexibility index (Phi) is 25.9. The number of hydrogen-bond donors (Lipinski definition) is 6. The van der Waals surface area contributed by atoms with Gasteiger partial charge >= 0.3 is 0 Å². The first-order valence-corrected chi connectivity index (χ1v) is 50.4. The lowest BCUT2D eigenvalue weighted by molar-refractivity contribution is -0.140. The molecule has 30 atom stereocenters. The largest absolute Gasteiger partial charge is 0.341 e. The Morgan fingerprint density at radius 2 is 0.696 bits per heavy atom. The van der Waals surface area contributed by atoms with Gasteiger partial charge in [-0.2, -0.15) is 11.8 Å². The Labute approximate surface area is 698 Å². The molecule has 19 heteroatoms. The minimum atomic E-state index is 0.0771. The fourth-order valence-corrected chi connectivity index (χ4v) is 30.8. The van der Waals surface area contributed by atoms with Crippen molar-refractivity contribution in [3.63, 3.8) is 0 Å². The van der Waals surface area contributed by atoms with Gasteiger partial charge in [-0.1, -0.05) is 64.2 Å². The molecule has 0 spiro atoms. The van der Waals surface area contributed by atoms with Crippen molar-refractivity contribution in [1.82, 2.24) is 61.3 Å². The fraction of sp³-hybridized carbons (Fsp3) is 0.938. The van der Waals surface area contributed by atoms with E-state index in [1.165, 1.54) is 224 Å². The van der Waals surface area contributed by atoms with Gasteiger partial charge < -0.3 is 61.3 Å². The Bertz CT molecular complexity index is 3350. The van der Waals surface area contributed by atoms with E-state index in [1.54, 1.807) is 0 Å². The summed E-state index contributed by atoms with van der Waals surface area (Å²) < 4.78 is 0. The number of likely N-dealkylation sites (tertiary alicyclic amines) is 6. The van der Waals surface area contributed by atoms with Gasteiger partial charge in [0.05, 0.1) is 36.3 Å². The first-order chi connectivity index (χ1) is 56.0. The number of fused-ring (bicyclic) bond motifs is 16. The molecule has 23 aliphatic rings. The average Bonchev–Trinajstić information content (AvgIpc) is 1.58. The van der Waals surface area contributed by atoms with Crippen LogP contribution in [0, 0.1) is 142 Å². The van der Waals surface area contributed by atoms with Crippen LogP contribution in [0.3, 0.4) is 0 Å². The van der Waals surface area contributed by atoms with Gasteiger partial charge in [0, 0.05) is 82.3 Å². The standard InChI is InChI=1S/2C17H28N2O.2C16H26N2O.C15H26N2OS.C15H24N2O/c1-18-16-8-14-7-15(14)10-19(17(16)20)9-13-5-11-2-3-12(4-11)6-13;1-18-16-8-13-7-15(13)10-19(17(16)20)9-14-6-11-3-2-4-12(14)5-11;1-17-15-7-12-6-14(12)9-18(16(15)19)8-13-5-10-2-3-11(13)4-10;1-17-14-8-12-7-13(12)9-18(16(14)19)15-6-10-3-2-4-11(15)5-10;1-16-14-8-11-7-12(11)9-17(15(14)18)10-13-5-3-2-4-6-19-13;1-16-13-7-11-6-12(11)9-17(14(13)18)15-4-2-10(8-15)3-5-15/h2*11-16,18H,2-10H2,1H3;2*10-15,17H,2-9H2,1H3;11-14,16H,2-10H2,1H3;10-13,16H,2-9H2,1H3. The molecule has 7 aliphatic heterocycles. The summed E-state index contributed by atoms with van der Waals surface area (Å²) in [6.45, 7) is 10.5. The molecule has 23 rings (SSSR count). The highest BCUT2D eigenvalue weighted by molar-refractivity contribution is 7.99. The number of thioether (sulfide) groups is 1. The summed E-state index contributed by atoms with van der Waals surface area (Å²) in [5.41, 5.74) is 0.272. The Morgan fingerprint density at radius 1 is 0.296 bits per heavy atom. The Balaban J connectivity index is 0.0000000957. The summed E-state index contributed by atoms with van der Waals surface area (Å²) >= 11 is 2.10. The topological polar surface area (TPSA) is 194 Å². The second-order valence-electron chi connectivity index (χ2n) is 44.3. The molecule has 644 valence electrons. The van der Waals surface area contributed by atoms with Crippen molar-refractivity contribution in [2.75, 3.05) is 113 Å². The van der Waals surface area contributed by atoms with Gasteiger partial charge in [0.15, 0.2) is 0 Å². The van der Waals surface area contributed by atoms with E-state index in [-0.39, 0.29) is 41.8 Å². The maximum absolute atomic E-state index is 12.8. The molecule has 18 nitrogen and oxygen atoms in total. The number of carbonyl (C=O) groups is 6. The summed E-state index contributed by atoms with van der Waals surface area (Å²) in [6.07, 6.45) is 53.5. The highest BCUT2D eigenvalue weighted by Crippen LogP contribution is 2.57. The van der Waals surface area contributed by atoms with E-state index < -0.39 is 0 Å². The van der Waals surface area contributed by atoms with Crippen LogP contribution in [0.1, 0.15) is 257 Å². The van der Waals surface area contributed by atoms with E-state index in [0.717, 1.165) is 246 Å². The second-order valence-corrected chi connectivity index (χ2v) is 45.7. The number of likely N-dealkylation sites (N-methyl/N-ethyl adjacent to an activating group) is 6. The molecule has 0 aromatic carbocycles. The third-order valence-corrected chi connectivity index (χ3v) is 38.3. The van der Waals surface area contributed by atoms with Gasteiger partial charge in [-0.05, 0) is 383 Å². The molecule has 6 amide bonds. The normalized spacial score (nSPS) is 46.8. The minimum absolute atomic E-state index is 0.0771. The summed E-state index contributed by atoms with van der Waals surface area (Å²) in [5, 5.41) is 20.2. The number of nitrogens with one attached hydrogen (secondary N) is 6. The van der Waals surface area contributed by atoms with E-state index in [1.807, 2.05) is 42.3 Å². The van der Waals surface area contributed by atoms with Crippen LogP contribution in [0.25, 0.3) is 0 Å². The molecular weight excluding hydrogens is 1450 g/mol. The van der Waals surface area contributed by atoms with Crippen LogP contribution in [0.5, 0.6) is 0 Å². The lowest BCUT2D eigenvalue weighted by atomic mass is 9.80. The fourth-order valence-electron chi connectivity index (χ4n) is 29.4. The second kappa shape index (κ2) is 36.0. The molecule has 7 heterocycles. The summed E-state index contributed by atoms with van der Waals surface area (Å²) in [5.74, 6) is 24.3. The highest BCUT2D eigenvalue weighted by atomic mass is 32.2. The zero-order valence-electron chi connectivity index (χ0n) is 72.6. The summed E-state index contributed by atoms with van der Waals surface area (Å²) in [6, 6.07) is 1.12. The summed E-state index contributed by atoms with van der Waals surface area (Å²) in [4.78, 5) is 89.6. The summed E-state index contributed by atoms with van der Waals surface area (Å²) in [7, 11) is 11.7. The average molecular weight is 1610 g/mol. The lowest BCUT2D eigenvalue weighted by Gasteiger charge is -2.41. The van der Waals surface area contributed by atoms with Crippen molar-refractivity contribution in [2.45, 2.75) is 310 Å². The van der Waals surface area contributed by atoms with Gasteiger partial charge in [-0.25, -0.2) is 0 Å². The van der Waals surface area contributed by atoms with Crippen molar-refractivity contribution in [3.05, 3.63) is 0 Å². The Morgan fingerprint density at radius 3 is 1.16 bits per heavy atom. The number of carbonyl (C=O) groups excluding carboxylic acids is 6. The van der Waals surface area contributed by atoms with Crippen molar-refractivity contribution in [1.29, 1.82) is 0 Å². The molecule has 7 saturated heterocycles. The van der Waals surface area contributed by atoms with Crippen LogP contribution in [0.4, 0.5) is 0 Å². The van der Waals surface area contributed by atoms with Crippen LogP contribution in [0.15, 0.2) is 0 Å². The number of nitrogens with zero attached hydrogens (tertiary/aromatic N) is 6. The van der Waals surface area contributed by atoms with Crippen LogP contribution >= 0.6 is 11.8 Å². The molecule has 16 aliphatic carbocycles. The first kappa shape index (κ1) is 82.9. The van der Waals surface area contributed by atoms with Crippen LogP contribution < -0.4 is 31.9 Å². The number of hydrogen-bond acceptors (Lipinski definition) is 13. The number of rotatable bonds is 16. The third-order valence-electron chi connectivity index (χ3n) is 36.9. The zero-order valence-corrected chi connectivity index (χ0v) is 73.4. The molecule has 6 N–H and O–H groups in total. The van der Waals surface area contributed by atoms with E-state index >= 15 is 0 Å². The van der Waals surface area contributed by atoms with Crippen molar-refractivity contribution >= 4 is 47.2 Å². The third kappa shape index (κ3) is 19.0. The smallest absolute Gasteiger partial charge is 0.240 e. The number of amides is 6. The molecule has 10 bridgehead atoms. The zero-order chi connectivity index (χ0) is 78.9. The molecule has 16 saturated carbocycles. The SMILES string of the molecule is CNC1CC2CC2CN(C23CCC(CC2)C3)C1=O.CNC1CC2CC2CN(C2CC3CCCC2C3)C1=O.CNC1CC2CC2CN(CC2CC3CCC(C3)C2)C1=O.CNC1CC2CC2CN(CC2CC3CCC2C3)C1=O.CNC1CC2CC2CN(CC2CC3CCCC2C3)C1=O.CNC1CC2CC2CN(CC2CCCCCS2)C1=O. The molecule has 115 heavy (non-hydrogen) atoms. The molecule has 30 unspecified atom stereocenters. The van der Waals surface area contributed by atoms with E-state index in [0.29, 0.717) is 46.7 Å². The quantitative estimate of drug-likeness (QED) is 0.0856. The monoisotopic (exact) mass is 1610 g/mol. The molecule has 0 aromatic rings. The van der Waals surface area contributed by atoms with Crippen molar-refractivity contribution in [2.24, 2.45) is 142 Å². The minimum Gasteiger partial charge on any atom is -0.341 e. The van der Waals surface area contributed by atoms with Gasteiger partial charge in [-0.15, -0.1) is 0 Å². The van der Waals surface area contributed by atoms with E-state index in [9.17, 15) is 28.8 Å². The maximum atomic E-state index is 12.8. The van der Waals surface area contributed by atoms with Crippen molar-refractivity contribution in [3.8, 4) is 0 Å². The maximum Gasteiger partial charge on any atom is 0.240 e. The van der Waals surface area contributed by atoms with Crippen LogP contribution in [-0.4, -0.2) is 231 Å². The Hall–Kier alpha value is -3.07. The van der Waals surface area contributed by atoms with E-state index in [2.05, 4.69) is 73.1 Å². The molecule has 0 radical (unpaired) electrons. The van der Waals surface area contributed by atoms with Gasteiger partial charge in [0.25, 0.3) is 0 Å². The van der Waals surface area contributed by atoms with Crippen LogP contribution in [-0.2, 0) is 28.8 Å². The van der Waals surface area contributed by atoms with Gasteiger partial charge in [-0.3, -0.25) is 28.8 Å². The predicted octanol–water partition coefficient (Wildman–Crippen LogP) is 12.3. The van der Waals surface area contributed by atoms with Crippen molar-refractivity contribution < 1.29 is 28.8 Å². The molecule has 23 fully saturated rings.